The highest BCUT2D eigenvalue weighted by atomic mass is 19.0. The van der Waals surface area contributed by atoms with Crippen molar-refractivity contribution in [3.8, 4) is 0 Å². The van der Waals surface area contributed by atoms with Crippen molar-refractivity contribution in [1.82, 2.24) is 4.98 Å². The molecule has 0 aliphatic carbocycles. The van der Waals surface area contributed by atoms with Crippen molar-refractivity contribution < 1.29 is 4.70 Å². The number of rotatable bonds is 0. The van der Waals surface area contributed by atoms with Gasteiger partial charge in [-0.25, -0.2) is 0 Å². The van der Waals surface area contributed by atoms with Gasteiger partial charge in [0.15, 0.2) is 0 Å². The van der Waals surface area contributed by atoms with E-state index in [1.165, 1.54) is 0 Å². The van der Waals surface area contributed by atoms with E-state index in [9.17, 15) is 0 Å². The Kier molecular flexibility index (Phi) is 12.2. The molecule has 0 spiro atoms. The lowest BCUT2D eigenvalue weighted by Crippen LogP contribution is -2.02. The van der Waals surface area contributed by atoms with E-state index in [2.05, 4.69) is 16.7 Å². The van der Waals surface area contributed by atoms with Gasteiger partial charge in [-0.15, -0.1) is 0 Å². The molecule has 1 rings (SSSR count). The molecule has 0 saturated carbocycles. The molecule has 0 saturated heterocycles. The first-order chi connectivity index (χ1) is 4.00. The third-order valence-electron chi connectivity index (χ3n) is 0.566. The lowest BCUT2D eigenvalue weighted by atomic mass is 10.5. The zero-order valence-corrected chi connectivity index (χ0v) is 4.90. The van der Waals surface area contributed by atoms with Gasteiger partial charge in [-0.3, -0.25) is 21.4 Å². The highest BCUT2D eigenvalue weighted by Crippen LogP contribution is 1.73. The van der Waals surface area contributed by atoms with E-state index in [1.54, 1.807) is 12.4 Å². The molecule has 1 aromatic rings. The fraction of sp³-hybridized carbons (Fsp3) is 0. The third-order valence-corrected chi connectivity index (χ3v) is 0.566. The van der Waals surface area contributed by atoms with E-state index in [0.29, 0.717) is 0 Å². The maximum Gasteiger partial charge on any atom is 0.0267 e. The van der Waals surface area contributed by atoms with Gasteiger partial charge in [-0.1, -0.05) is 6.07 Å². The molecule has 4 heteroatoms. The molecule has 0 aliphatic rings. The molecule has 0 aromatic carbocycles. The molecular weight excluding hydrogens is 121 g/mol. The normalized spacial score (nSPS) is 6.00. The van der Waals surface area contributed by atoms with Crippen molar-refractivity contribution in [3.05, 3.63) is 30.6 Å². The summed E-state index contributed by atoms with van der Waals surface area (Å²) in [4.78, 5) is 3.78. The lowest BCUT2D eigenvalue weighted by molar-refractivity contribution is 1.11. The van der Waals surface area contributed by atoms with Gasteiger partial charge < -0.3 is 0 Å². The molecule has 1 heterocycles. The van der Waals surface area contributed by atoms with Gasteiger partial charge in [0.2, 0.25) is 0 Å². The topological polar surface area (TPSA) is 64.9 Å². The van der Waals surface area contributed by atoms with Crippen LogP contribution in [0.5, 0.6) is 0 Å². The number of nitrogens with zero attached hydrogens (tertiary/aromatic N) is 1. The van der Waals surface area contributed by atoms with Crippen LogP contribution in [0.3, 0.4) is 0 Å². The molecule has 0 atom stereocenters. The fourth-order valence-corrected chi connectivity index (χ4v) is 0.313. The summed E-state index contributed by atoms with van der Waals surface area (Å²) in [6.45, 7) is 0. The maximum absolute atomic E-state index is 4.00. The molecule has 52 valence electrons. The second-order valence-electron chi connectivity index (χ2n) is 1.02. The number of aromatic nitrogens is 1. The second-order valence-corrected chi connectivity index (χ2v) is 1.02. The van der Waals surface area contributed by atoms with Crippen LogP contribution < -0.4 is 11.7 Å². The molecule has 0 amide bonds. The van der Waals surface area contributed by atoms with E-state index in [4.69, 9.17) is 0 Å². The van der Waals surface area contributed by atoms with Crippen LogP contribution in [0, 0.1) is 0 Å². The smallest absolute Gasteiger partial charge is 0.0267 e. The first kappa shape index (κ1) is 10.9. The number of hydrogen-bond donors (Lipinski definition) is 2. The van der Waals surface area contributed by atoms with Crippen LogP contribution >= 0.6 is 0 Å². The first-order valence-corrected chi connectivity index (χ1v) is 2.18. The van der Waals surface area contributed by atoms with E-state index in [1.807, 2.05) is 18.2 Å². The summed E-state index contributed by atoms with van der Waals surface area (Å²) < 4.78 is 0. The minimum Gasteiger partial charge on any atom is -0.274 e. The molecule has 0 aliphatic heterocycles. The van der Waals surface area contributed by atoms with Crippen molar-refractivity contribution in [1.29, 1.82) is 0 Å². The average Bonchev–Trinajstić information content (AvgIpc) is 1.96. The number of hydrazine groups is 1. The largest absolute Gasteiger partial charge is 0.274 e. The lowest BCUT2D eigenvalue weighted by Gasteiger charge is -1.70. The van der Waals surface area contributed by atoms with Gasteiger partial charge in [0, 0.05) is 12.4 Å². The van der Waals surface area contributed by atoms with Crippen molar-refractivity contribution in [2.75, 3.05) is 0 Å². The van der Waals surface area contributed by atoms with Crippen LogP contribution in [0.2, 0.25) is 0 Å². The Morgan fingerprint density at radius 1 is 0.889 bits per heavy atom. The molecule has 1 aromatic heterocycles. The van der Waals surface area contributed by atoms with Crippen LogP contribution in [0.4, 0.5) is 4.70 Å². The molecule has 0 unspecified atom stereocenters. The van der Waals surface area contributed by atoms with E-state index < -0.39 is 0 Å². The molecule has 0 fully saturated rings. The Morgan fingerprint density at radius 2 is 1.33 bits per heavy atom. The predicted molar refractivity (Wildman–Crippen MR) is 35.1 cm³/mol. The van der Waals surface area contributed by atoms with E-state index >= 15 is 0 Å². The van der Waals surface area contributed by atoms with Crippen molar-refractivity contribution in [3.63, 3.8) is 0 Å². The molecule has 3 nitrogen and oxygen atoms in total. The summed E-state index contributed by atoms with van der Waals surface area (Å²) in [6.07, 6.45) is 3.50. The number of nitrogens with two attached hydrogens (primary N) is 2. The van der Waals surface area contributed by atoms with Crippen LogP contribution in [0.25, 0.3) is 0 Å². The minimum absolute atomic E-state index is 0. The predicted octanol–water partition coefficient (Wildman–Crippen LogP) is 0.0529. The summed E-state index contributed by atoms with van der Waals surface area (Å²) in [5.74, 6) is 8.00. The SMILES string of the molecule is F.NN.c1ccncc1. The number of hydrogen-bond acceptors (Lipinski definition) is 3. The van der Waals surface area contributed by atoms with Crippen molar-refractivity contribution >= 4 is 0 Å². The van der Waals surface area contributed by atoms with Gasteiger partial charge in [0.25, 0.3) is 0 Å². The molecule has 9 heavy (non-hydrogen) atoms. The Balaban J connectivity index is 0. The van der Waals surface area contributed by atoms with Gasteiger partial charge in [-0.05, 0) is 12.1 Å². The summed E-state index contributed by atoms with van der Waals surface area (Å²) in [7, 11) is 0. The highest BCUT2D eigenvalue weighted by Gasteiger charge is 1.58. The summed E-state index contributed by atoms with van der Waals surface area (Å²) in [5, 5.41) is 0. The molecule has 0 bridgehead atoms. The third kappa shape index (κ3) is 7.00. The van der Waals surface area contributed by atoms with Crippen molar-refractivity contribution in [2.24, 2.45) is 11.7 Å². The monoisotopic (exact) mass is 131 g/mol. The summed E-state index contributed by atoms with van der Waals surface area (Å²) in [6, 6.07) is 5.72. The molecule has 4 N–H and O–H groups in total. The Hall–Kier alpha value is -1.00. The number of halogens is 1. The van der Waals surface area contributed by atoms with Crippen LogP contribution in [-0.4, -0.2) is 4.98 Å². The quantitative estimate of drug-likeness (QED) is 0.386. The zero-order chi connectivity index (χ0) is 6.24. The van der Waals surface area contributed by atoms with Gasteiger partial charge >= 0.3 is 0 Å². The summed E-state index contributed by atoms with van der Waals surface area (Å²) >= 11 is 0. The Labute approximate surface area is 53.0 Å². The zero-order valence-electron chi connectivity index (χ0n) is 4.90. The van der Waals surface area contributed by atoms with Gasteiger partial charge in [0.1, 0.15) is 0 Å². The Bertz CT molecular complexity index is 84.1. The van der Waals surface area contributed by atoms with E-state index in [-0.39, 0.29) is 4.70 Å². The fourth-order valence-electron chi connectivity index (χ4n) is 0.313. The second kappa shape index (κ2) is 10.1. The average molecular weight is 131 g/mol. The first-order valence-electron chi connectivity index (χ1n) is 2.18. The molecular formula is C5H10FN3. The van der Waals surface area contributed by atoms with E-state index in [0.717, 1.165) is 0 Å². The Morgan fingerprint density at radius 3 is 1.44 bits per heavy atom. The van der Waals surface area contributed by atoms with Crippen molar-refractivity contribution in [2.45, 2.75) is 0 Å². The maximum atomic E-state index is 4.00. The van der Waals surface area contributed by atoms with Gasteiger partial charge in [0.05, 0.1) is 0 Å². The van der Waals surface area contributed by atoms with Crippen LogP contribution in [0.1, 0.15) is 0 Å². The summed E-state index contributed by atoms with van der Waals surface area (Å²) in [5.41, 5.74) is 0. The standard InChI is InChI=1S/C5H5N.FH.H4N2/c1-2-4-6-5-3-1;;1-2/h1-5H;1H;1-2H2. The van der Waals surface area contributed by atoms with Gasteiger partial charge in [-0.2, -0.15) is 0 Å². The number of pyridine rings is 1. The van der Waals surface area contributed by atoms with Crippen LogP contribution in [0.15, 0.2) is 30.6 Å². The molecule has 0 radical (unpaired) electrons. The highest BCUT2D eigenvalue weighted by molar-refractivity contribution is 4.88. The minimum atomic E-state index is 0. The van der Waals surface area contributed by atoms with Crippen LogP contribution in [-0.2, 0) is 0 Å².